The summed E-state index contributed by atoms with van der Waals surface area (Å²) in [5.74, 6) is 0.826. The lowest BCUT2D eigenvalue weighted by atomic mass is 10.2. The minimum absolute atomic E-state index is 0.0809. The number of ether oxygens (including phenoxy) is 4. The molecule has 2 aromatic rings. The Balaban J connectivity index is 1.79. The van der Waals surface area contributed by atoms with Gasteiger partial charge < -0.3 is 23.8 Å². The fraction of sp³-hybridized carbons (Fsp3) is 0.381. The first kappa shape index (κ1) is 20.6. The summed E-state index contributed by atoms with van der Waals surface area (Å²) in [6.07, 6.45) is 3.91. The third-order valence-corrected chi connectivity index (χ3v) is 4.31. The first-order chi connectivity index (χ1) is 14.2. The van der Waals surface area contributed by atoms with Gasteiger partial charge in [0.2, 0.25) is 6.29 Å². The molecule has 1 saturated heterocycles. The number of pyridine rings is 1. The normalized spacial score (nSPS) is 16.8. The van der Waals surface area contributed by atoms with E-state index in [0.29, 0.717) is 35.1 Å². The Hall–Kier alpha value is -3.13. The topological polar surface area (TPSA) is 88.5 Å². The first-order valence-corrected chi connectivity index (χ1v) is 9.35. The number of esters is 1. The fourth-order valence-corrected chi connectivity index (χ4v) is 2.74. The summed E-state index contributed by atoms with van der Waals surface area (Å²) in [5.41, 5.74) is 1.24. The quantitative estimate of drug-likeness (QED) is 0.382. The smallest absolute Gasteiger partial charge is 0.337 e. The molecule has 1 atom stereocenters. The van der Waals surface area contributed by atoms with Crippen molar-refractivity contribution < 1.29 is 28.6 Å². The molecule has 0 bridgehead atoms. The van der Waals surface area contributed by atoms with Crippen molar-refractivity contribution in [3.63, 3.8) is 0 Å². The van der Waals surface area contributed by atoms with Crippen molar-refractivity contribution in [1.29, 1.82) is 0 Å². The lowest BCUT2D eigenvalue weighted by Gasteiger charge is -2.20. The predicted molar refractivity (Wildman–Crippen MR) is 105 cm³/mol. The van der Waals surface area contributed by atoms with E-state index in [1.807, 2.05) is 18.2 Å². The second-order valence-corrected chi connectivity index (χ2v) is 6.33. The van der Waals surface area contributed by atoms with Crippen molar-refractivity contribution in [2.75, 3.05) is 27.4 Å². The van der Waals surface area contributed by atoms with Crippen molar-refractivity contribution in [1.82, 2.24) is 4.98 Å². The van der Waals surface area contributed by atoms with E-state index in [1.54, 1.807) is 25.3 Å². The van der Waals surface area contributed by atoms with Gasteiger partial charge in [-0.1, -0.05) is 11.2 Å². The van der Waals surface area contributed by atoms with Gasteiger partial charge in [0.15, 0.2) is 0 Å². The molecule has 8 heteroatoms. The van der Waals surface area contributed by atoms with Crippen LogP contribution in [0.5, 0.6) is 11.5 Å². The van der Waals surface area contributed by atoms with E-state index in [0.717, 1.165) is 19.3 Å². The summed E-state index contributed by atoms with van der Waals surface area (Å²) in [7, 11) is 2.92. The van der Waals surface area contributed by atoms with Crippen LogP contribution in [-0.2, 0) is 14.3 Å². The molecule has 0 radical (unpaired) electrons. The van der Waals surface area contributed by atoms with Crippen LogP contribution in [0.4, 0.5) is 0 Å². The Labute approximate surface area is 169 Å². The SMILES string of the molecule is COC(=O)c1ccnc(/C(COc2cccc(OC)c2)=N/OC2CCCCO2)c1. The lowest BCUT2D eigenvalue weighted by Crippen LogP contribution is -2.22. The maximum Gasteiger partial charge on any atom is 0.337 e. The van der Waals surface area contributed by atoms with Crippen LogP contribution in [0.15, 0.2) is 47.8 Å². The third kappa shape index (κ3) is 5.92. The van der Waals surface area contributed by atoms with Crippen molar-refractivity contribution in [2.24, 2.45) is 5.16 Å². The number of methoxy groups -OCH3 is 2. The maximum atomic E-state index is 11.9. The second-order valence-electron chi connectivity index (χ2n) is 6.33. The van der Waals surface area contributed by atoms with Gasteiger partial charge in [-0.3, -0.25) is 4.98 Å². The van der Waals surface area contributed by atoms with Gasteiger partial charge in [-0.15, -0.1) is 0 Å². The van der Waals surface area contributed by atoms with Crippen LogP contribution in [0.1, 0.15) is 35.3 Å². The number of rotatable bonds is 8. The molecule has 3 rings (SSSR count). The first-order valence-electron chi connectivity index (χ1n) is 9.35. The zero-order valence-corrected chi connectivity index (χ0v) is 16.5. The highest BCUT2D eigenvalue weighted by Crippen LogP contribution is 2.20. The summed E-state index contributed by atoms with van der Waals surface area (Å²) in [5, 5.41) is 4.22. The molecule has 2 heterocycles. The summed E-state index contributed by atoms with van der Waals surface area (Å²) < 4.78 is 21.4. The van der Waals surface area contributed by atoms with Crippen molar-refractivity contribution in [3.05, 3.63) is 53.9 Å². The van der Waals surface area contributed by atoms with E-state index in [9.17, 15) is 4.79 Å². The highest BCUT2D eigenvalue weighted by atomic mass is 16.8. The maximum absolute atomic E-state index is 11.9. The molecule has 0 spiro atoms. The zero-order chi connectivity index (χ0) is 20.5. The van der Waals surface area contributed by atoms with Crippen molar-refractivity contribution >= 4 is 11.7 Å². The number of nitrogens with zero attached hydrogens (tertiary/aromatic N) is 2. The number of hydrogen-bond acceptors (Lipinski definition) is 8. The summed E-state index contributed by atoms with van der Waals surface area (Å²) in [6.45, 7) is 0.726. The molecular formula is C21H24N2O6. The highest BCUT2D eigenvalue weighted by molar-refractivity contribution is 6.01. The largest absolute Gasteiger partial charge is 0.497 e. The molecule has 1 aliphatic rings. The number of aromatic nitrogens is 1. The van der Waals surface area contributed by atoms with Gasteiger partial charge >= 0.3 is 5.97 Å². The van der Waals surface area contributed by atoms with E-state index in [1.165, 1.54) is 13.3 Å². The van der Waals surface area contributed by atoms with E-state index in [2.05, 4.69) is 10.1 Å². The minimum Gasteiger partial charge on any atom is -0.497 e. The molecule has 0 saturated carbocycles. The number of benzene rings is 1. The summed E-state index contributed by atoms with van der Waals surface area (Å²) in [4.78, 5) is 21.7. The predicted octanol–water partition coefficient (Wildman–Crippen LogP) is 3.20. The molecule has 1 aromatic heterocycles. The standard InChI is InChI=1S/C21H24N2O6/c1-25-16-6-5-7-17(13-16)28-14-19(23-29-20-8-3-4-11-27-20)18-12-15(9-10-22-18)21(24)26-2/h5-7,9-10,12-13,20H,3-4,8,11,14H2,1-2H3/b23-19+. The van der Waals surface area contributed by atoms with Gasteiger partial charge in [-0.05, 0) is 37.1 Å². The fourth-order valence-electron chi connectivity index (χ4n) is 2.74. The van der Waals surface area contributed by atoms with Crippen LogP contribution < -0.4 is 9.47 Å². The Bertz CT molecular complexity index is 849. The molecule has 0 amide bonds. The number of carbonyl (C=O) groups is 1. The monoisotopic (exact) mass is 400 g/mol. The average Bonchev–Trinajstić information content (AvgIpc) is 2.79. The van der Waals surface area contributed by atoms with Gasteiger partial charge in [-0.2, -0.15) is 0 Å². The second kappa shape index (κ2) is 10.4. The summed E-state index contributed by atoms with van der Waals surface area (Å²) >= 11 is 0. The van der Waals surface area contributed by atoms with Gasteiger partial charge in [0.05, 0.1) is 32.1 Å². The van der Waals surface area contributed by atoms with Gasteiger partial charge in [0.1, 0.15) is 23.8 Å². The third-order valence-electron chi connectivity index (χ3n) is 4.31. The van der Waals surface area contributed by atoms with Gasteiger partial charge in [0.25, 0.3) is 0 Å². The van der Waals surface area contributed by atoms with Crippen LogP contribution in [0.2, 0.25) is 0 Å². The van der Waals surface area contributed by atoms with Crippen molar-refractivity contribution in [2.45, 2.75) is 25.6 Å². The Morgan fingerprint density at radius 2 is 2.07 bits per heavy atom. The van der Waals surface area contributed by atoms with Crippen LogP contribution in [-0.4, -0.2) is 50.4 Å². The number of carbonyl (C=O) groups excluding carboxylic acids is 1. The molecular weight excluding hydrogens is 376 g/mol. The van der Waals surface area contributed by atoms with E-state index in [4.69, 9.17) is 23.8 Å². The minimum atomic E-state index is -0.460. The average molecular weight is 400 g/mol. The molecule has 1 fully saturated rings. The van der Waals surface area contributed by atoms with Crippen LogP contribution in [0.25, 0.3) is 0 Å². The zero-order valence-electron chi connectivity index (χ0n) is 16.5. The lowest BCUT2D eigenvalue weighted by molar-refractivity contribution is -0.162. The van der Waals surface area contributed by atoms with Crippen LogP contribution >= 0.6 is 0 Å². The highest BCUT2D eigenvalue weighted by Gasteiger charge is 2.17. The molecule has 8 nitrogen and oxygen atoms in total. The molecule has 0 aliphatic carbocycles. The Kier molecular flexibility index (Phi) is 7.40. The van der Waals surface area contributed by atoms with Gasteiger partial charge in [-0.25, -0.2) is 4.79 Å². The van der Waals surface area contributed by atoms with E-state index in [-0.39, 0.29) is 6.61 Å². The molecule has 1 aliphatic heterocycles. The van der Waals surface area contributed by atoms with Crippen LogP contribution in [0, 0.1) is 0 Å². The molecule has 29 heavy (non-hydrogen) atoms. The van der Waals surface area contributed by atoms with Gasteiger partial charge in [0, 0.05) is 18.7 Å². The molecule has 1 unspecified atom stereocenters. The summed E-state index contributed by atoms with van der Waals surface area (Å²) in [6, 6.07) is 10.4. The van der Waals surface area contributed by atoms with Crippen molar-refractivity contribution in [3.8, 4) is 11.5 Å². The van der Waals surface area contributed by atoms with E-state index < -0.39 is 12.3 Å². The molecule has 154 valence electrons. The number of hydrogen-bond donors (Lipinski definition) is 0. The van der Waals surface area contributed by atoms with Crippen LogP contribution in [0.3, 0.4) is 0 Å². The Morgan fingerprint density at radius 3 is 2.83 bits per heavy atom. The molecule has 1 aromatic carbocycles. The van der Waals surface area contributed by atoms with E-state index >= 15 is 0 Å². The number of oxime groups is 1. The molecule has 0 N–H and O–H groups in total. The Morgan fingerprint density at radius 1 is 1.21 bits per heavy atom.